The highest BCUT2D eigenvalue weighted by atomic mass is 32.2. The van der Waals surface area contributed by atoms with Crippen LogP contribution in [0.25, 0.3) is 0 Å². The van der Waals surface area contributed by atoms with Gasteiger partial charge in [-0.3, -0.25) is 0 Å². The second kappa shape index (κ2) is 8.84. The predicted molar refractivity (Wildman–Crippen MR) is 96.1 cm³/mol. The molecule has 0 radical (unpaired) electrons. The molecule has 1 heterocycles. The van der Waals surface area contributed by atoms with Crippen LogP contribution in [-0.2, 0) is 10.0 Å². The Morgan fingerprint density at radius 2 is 1.70 bits per heavy atom. The molecular weight excluding hydrogens is 306 g/mol. The summed E-state index contributed by atoms with van der Waals surface area (Å²) in [5.74, 6) is 0. The summed E-state index contributed by atoms with van der Waals surface area (Å²) in [4.78, 5) is 0.443. The van der Waals surface area contributed by atoms with Crippen LogP contribution in [0.15, 0.2) is 29.2 Å². The number of nitrogens with zero attached hydrogens (tertiary/aromatic N) is 1. The highest BCUT2D eigenvalue weighted by Gasteiger charge is 2.34. The standard InChI is InChI=1S/C19H31NO2S/c1-3-4-5-6-7-8-10-18-11-9-16-20(18)23(21,22)19-14-12-17(2)13-15-19/h12-15,18H,3-11,16H2,1-2H3. The monoisotopic (exact) mass is 337 g/mol. The second-order valence-corrected chi connectivity index (χ2v) is 8.67. The van der Waals surface area contributed by atoms with Crippen molar-refractivity contribution < 1.29 is 8.42 Å². The molecule has 1 aromatic rings. The molecule has 0 saturated carbocycles. The van der Waals surface area contributed by atoms with Crippen LogP contribution in [0.3, 0.4) is 0 Å². The molecule has 0 aliphatic carbocycles. The lowest BCUT2D eigenvalue weighted by atomic mass is 10.0. The Kier molecular flexibility index (Phi) is 7.09. The lowest BCUT2D eigenvalue weighted by molar-refractivity contribution is 0.359. The van der Waals surface area contributed by atoms with Gasteiger partial charge in [0.1, 0.15) is 0 Å². The van der Waals surface area contributed by atoms with E-state index in [0.29, 0.717) is 11.4 Å². The van der Waals surface area contributed by atoms with Crippen molar-refractivity contribution in [3.63, 3.8) is 0 Å². The summed E-state index contributed by atoms with van der Waals surface area (Å²) < 4.78 is 27.5. The summed E-state index contributed by atoms with van der Waals surface area (Å²) in [6.45, 7) is 4.89. The van der Waals surface area contributed by atoms with E-state index < -0.39 is 10.0 Å². The first-order valence-corrected chi connectivity index (χ1v) is 10.6. The van der Waals surface area contributed by atoms with Gasteiger partial charge < -0.3 is 0 Å². The van der Waals surface area contributed by atoms with Gasteiger partial charge in [0.25, 0.3) is 0 Å². The molecule has 1 unspecified atom stereocenters. The van der Waals surface area contributed by atoms with Crippen LogP contribution in [0.2, 0.25) is 0 Å². The van der Waals surface area contributed by atoms with E-state index in [9.17, 15) is 8.42 Å². The minimum absolute atomic E-state index is 0.201. The molecule has 4 heteroatoms. The molecule has 23 heavy (non-hydrogen) atoms. The van der Waals surface area contributed by atoms with Crippen LogP contribution in [0.5, 0.6) is 0 Å². The van der Waals surface area contributed by atoms with Gasteiger partial charge in [-0.15, -0.1) is 0 Å². The molecule has 3 nitrogen and oxygen atoms in total. The van der Waals surface area contributed by atoms with Gasteiger partial charge in [0.15, 0.2) is 0 Å². The molecule has 0 aromatic heterocycles. The van der Waals surface area contributed by atoms with Crippen LogP contribution >= 0.6 is 0 Å². The van der Waals surface area contributed by atoms with E-state index >= 15 is 0 Å². The Morgan fingerprint density at radius 1 is 1.04 bits per heavy atom. The predicted octanol–water partition coefficient (Wildman–Crippen LogP) is 4.90. The maximum Gasteiger partial charge on any atom is 0.243 e. The fourth-order valence-electron chi connectivity index (χ4n) is 3.42. The van der Waals surface area contributed by atoms with Crippen LogP contribution in [0.4, 0.5) is 0 Å². The van der Waals surface area contributed by atoms with Crippen molar-refractivity contribution in [1.29, 1.82) is 0 Å². The molecular formula is C19H31NO2S. The largest absolute Gasteiger partial charge is 0.243 e. The zero-order chi connectivity index (χ0) is 16.7. The third-order valence-corrected chi connectivity index (χ3v) is 6.81. The van der Waals surface area contributed by atoms with E-state index in [1.165, 1.54) is 32.1 Å². The quantitative estimate of drug-likeness (QED) is 0.601. The van der Waals surface area contributed by atoms with Crippen LogP contribution < -0.4 is 0 Å². The Morgan fingerprint density at radius 3 is 2.39 bits per heavy atom. The van der Waals surface area contributed by atoms with Gasteiger partial charge in [0.05, 0.1) is 4.90 Å². The first kappa shape index (κ1) is 18.5. The van der Waals surface area contributed by atoms with Gasteiger partial charge in [-0.25, -0.2) is 8.42 Å². The molecule has 1 atom stereocenters. The van der Waals surface area contributed by atoms with Crippen LogP contribution in [0, 0.1) is 6.92 Å². The molecule has 0 spiro atoms. The molecule has 1 saturated heterocycles. The van der Waals surface area contributed by atoms with E-state index in [-0.39, 0.29) is 6.04 Å². The summed E-state index contributed by atoms with van der Waals surface area (Å²) in [6, 6.07) is 7.44. The third kappa shape index (κ3) is 5.05. The summed E-state index contributed by atoms with van der Waals surface area (Å²) in [6.07, 6.45) is 10.6. The summed E-state index contributed by atoms with van der Waals surface area (Å²) in [7, 11) is -3.32. The lowest BCUT2D eigenvalue weighted by Crippen LogP contribution is -2.35. The van der Waals surface area contributed by atoms with Gasteiger partial charge >= 0.3 is 0 Å². The zero-order valence-electron chi connectivity index (χ0n) is 14.6. The number of unbranched alkanes of at least 4 members (excludes halogenated alkanes) is 5. The molecule has 0 bridgehead atoms. The maximum atomic E-state index is 12.9. The third-order valence-electron chi connectivity index (χ3n) is 4.84. The zero-order valence-corrected chi connectivity index (χ0v) is 15.4. The molecule has 130 valence electrons. The molecule has 1 aromatic carbocycles. The fraction of sp³-hybridized carbons (Fsp3) is 0.684. The van der Waals surface area contributed by atoms with E-state index in [1.807, 2.05) is 19.1 Å². The SMILES string of the molecule is CCCCCCCCC1CCCN1S(=O)(=O)c1ccc(C)cc1. The van der Waals surface area contributed by atoms with E-state index in [4.69, 9.17) is 0 Å². The van der Waals surface area contributed by atoms with Crippen molar-refractivity contribution in [3.8, 4) is 0 Å². The summed E-state index contributed by atoms with van der Waals surface area (Å²) >= 11 is 0. The normalized spacial score (nSPS) is 19.3. The molecule has 1 aliphatic rings. The average molecular weight is 338 g/mol. The highest BCUT2D eigenvalue weighted by Crippen LogP contribution is 2.29. The number of rotatable bonds is 9. The first-order chi connectivity index (χ1) is 11.1. The van der Waals surface area contributed by atoms with E-state index in [1.54, 1.807) is 16.4 Å². The van der Waals surface area contributed by atoms with Crippen molar-refractivity contribution >= 4 is 10.0 Å². The fourth-order valence-corrected chi connectivity index (χ4v) is 5.14. The van der Waals surface area contributed by atoms with Crippen LogP contribution in [-0.4, -0.2) is 25.3 Å². The summed E-state index contributed by atoms with van der Waals surface area (Å²) in [5, 5.41) is 0. The lowest BCUT2D eigenvalue weighted by Gasteiger charge is -2.24. The molecule has 0 amide bonds. The molecule has 1 fully saturated rings. The Labute approximate surface area is 142 Å². The number of benzene rings is 1. The van der Waals surface area contributed by atoms with Crippen molar-refractivity contribution in [2.24, 2.45) is 0 Å². The number of aryl methyl sites for hydroxylation is 1. The average Bonchev–Trinajstić information content (AvgIpc) is 3.00. The van der Waals surface area contributed by atoms with Gasteiger partial charge in [-0.1, -0.05) is 63.1 Å². The Bertz CT molecular complexity index is 566. The summed E-state index contributed by atoms with van der Waals surface area (Å²) in [5.41, 5.74) is 1.09. The smallest absolute Gasteiger partial charge is 0.207 e. The highest BCUT2D eigenvalue weighted by molar-refractivity contribution is 7.89. The molecule has 2 rings (SSSR count). The van der Waals surface area contributed by atoms with Gasteiger partial charge in [-0.05, 0) is 38.3 Å². The topological polar surface area (TPSA) is 37.4 Å². The number of hydrogen-bond donors (Lipinski definition) is 0. The van der Waals surface area contributed by atoms with Gasteiger partial charge in [-0.2, -0.15) is 4.31 Å². The minimum atomic E-state index is -3.32. The van der Waals surface area contributed by atoms with E-state index in [2.05, 4.69) is 6.92 Å². The van der Waals surface area contributed by atoms with Crippen molar-refractivity contribution in [2.75, 3.05) is 6.54 Å². The van der Waals surface area contributed by atoms with E-state index in [0.717, 1.165) is 31.2 Å². The molecule has 0 N–H and O–H groups in total. The maximum absolute atomic E-state index is 12.9. The van der Waals surface area contributed by atoms with Gasteiger partial charge in [0.2, 0.25) is 10.0 Å². The first-order valence-electron chi connectivity index (χ1n) is 9.14. The Balaban J connectivity index is 1.91. The van der Waals surface area contributed by atoms with Crippen molar-refractivity contribution in [2.45, 2.75) is 82.6 Å². The number of sulfonamides is 1. The molecule has 1 aliphatic heterocycles. The van der Waals surface area contributed by atoms with Crippen molar-refractivity contribution in [3.05, 3.63) is 29.8 Å². The van der Waals surface area contributed by atoms with Crippen molar-refractivity contribution in [1.82, 2.24) is 4.31 Å². The van der Waals surface area contributed by atoms with Gasteiger partial charge in [0, 0.05) is 12.6 Å². The second-order valence-electron chi connectivity index (χ2n) is 6.78. The Hall–Kier alpha value is -0.870. The minimum Gasteiger partial charge on any atom is -0.207 e. The van der Waals surface area contributed by atoms with Crippen LogP contribution in [0.1, 0.15) is 70.3 Å². The number of hydrogen-bond acceptors (Lipinski definition) is 2.